The van der Waals surface area contributed by atoms with Crippen molar-refractivity contribution in [2.45, 2.75) is 32.1 Å². The molecule has 1 aromatic carbocycles. The van der Waals surface area contributed by atoms with Gasteiger partial charge in [0.1, 0.15) is 11.6 Å². The standard InChI is InChI=1S/C15H17BrF2/c16-9-15(7-10-1-3-12(15)5-10)8-11-2-4-13(17)6-14(11)18/h2,4,6,10,12H,1,3,5,7-9H2. The summed E-state index contributed by atoms with van der Waals surface area (Å²) >= 11 is 3.64. The minimum Gasteiger partial charge on any atom is -0.207 e. The van der Waals surface area contributed by atoms with Crippen molar-refractivity contribution in [3.63, 3.8) is 0 Å². The van der Waals surface area contributed by atoms with Crippen molar-refractivity contribution in [3.8, 4) is 0 Å². The molecule has 2 aliphatic rings. The van der Waals surface area contributed by atoms with Crippen molar-refractivity contribution in [1.82, 2.24) is 0 Å². The van der Waals surface area contributed by atoms with Crippen LogP contribution in [0.15, 0.2) is 18.2 Å². The second kappa shape index (κ2) is 4.59. The van der Waals surface area contributed by atoms with Crippen LogP contribution in [0.5, 0.6) is 0 Å². The first-order valence-corrected chi connectivity index (χ1v) is 7.75. The highest BCUT2D eigenvalue weighted by Crippen LogP contribution is 2.58. The third kappa shape index (κ3) is 2.01. The molecule has 0 spiro atoms. The number of halogens is 3. The van der Waals surface area contributed by atoms with Gasteiger partial charge in [-0.15, -0.1) is 0 Å². The van der Waals surface area contributed by atoms with Gasteiger partial charge in [-0.2, -0.15) is 0 Å². The van der Waals surface area contributed by atoms with Crippen LogP contribution in [0.4, 0.5) is 8.78 Å². The first-order chi connectivity index (χ1) is 8.63. The van der Waals surface area contributed by atoms with E-state index >= 15 is 0 Å². The lowest BCUT2D eigenvalue weighted by atomic mass is 9.71. The molecule has 0 aromatic heterocycles. The van der Waals surface area contributed by atoms with Gasteiger partial charge in [-0.05, 0) is 54.6 Å². The lowest BCUT2D eigenvalue weighted by Crippen LogP contribution is -2.32. The molecule has 1 aromatic rings. The molecule has 98 valence electrons. The van der Waals surface area contributed by atoms with Crippen LogP contribution in [0.25, 0.3) is 0 Å². The van der Waals surface area contributed by atoms with Crippen molar-refractivity contribution < 1.29 is 8.78 Å². The third-order valence-electron chi connectivity index (χ3n) is 4.93. The van der Waals surface area contributed by atoms with Crippen molar-refractivity contribution in [2.24, 2.45) is 17.3 Å². The summed E-state index contributed by atoms with van der Waals surface area (Å²) in [5, 5.41) is 0.929. The Hall–Kier alpha value is -0.440. The molecule has 0 amide bonds. The van der Waals surface area contributed by atoms with Crippen LogP contribution in [-0.4, -0.2) is 5.33 Å². The van der Waals surface area contributed by atoms with Gasteiger partial charge in [-0.25, -0.2) is 8.78 Å². The highest BCUT2D eigenvalue weighted by atomic mass is 79.9. The van der Waals surface area contributed by atoms with E-state index in [2.05, 4.69) is 15.9 Å². The molecular formula is C15H17BrF2. The summed E-state index contributed by atoms with van der Waals surface area (Å²) in [4.78, 5) is 0. The van der Waals surface area contributed by atoms with E-state index < -0.39 is 11.6 Å². The average molecular weight is 315 g/mol. The molecule has 3 unspecified atom stereocenters. The summed E-state index contributed by atoms with van der Waals surface area (Å²) in [5.41, 5.74) is 0.866. The molecule has 3 atom stereocenters. The van der Waals surface area contributed by atoms with E-state index in [9.17, 15) is 8.78 Å². The summed E-state index contributed by atoms with van der Waals surface area (Å²) in [5.74, 6) is 0.664. The molecule has 0 aliphatic heterocycles. The molecule has 18 heavy (non-hydrogen) atoms. The molecule has 0 N–H and O–H groups in total. The van der Waals surface area contributed by atoms with Crippen LogP contribution in [0.3, 0.4) is 0 Å². The van der Waals surface area contributed by atoms with Gasteiger partial charge in [0, 0.05) is 11.4 Å². The zero-order valence-electron chi connectivity index (χ0n) is 10.3. The van der Waals surface area contributed by atoms with Crippen LogP contribution in [0.1, 0.15) is 31.2 Å². The van der Waals surface area contributed by atoms with E-state index in [1.807, 2.05) is 0 Å². The number of benzene rings is 1. The first-order valence-electron chi connectivity index (χ1n) is 6.63. The topological polar surface area (TPSA) is 0 Å². The molecule has 2 aliphatic carbocycles. The monoisotopic (exact) mass is 314 g/mol. The van der Waals surface area contributed by atoms with Crippen LogP contribution in [0.2, 0.25) is 0 Å². The molecule has 2 saturated carbocycles. The van der Waals surface area contributed by atoms with Crippen molar-refractivity contribution >= 4 is 15.9 Å². The highest BCUT2D eigenvalue weighted by Gasteiger charge is 2.50. The largest absolute Gasteiger partial charge is 0.207 e. The van der Waals surface area contributed by atoms with Crippen LogP contribution in [-0.2, 0) is 6.42 Å². The number of hydrogen-bond donors (Lipinski definition) is 0. The highest BCUT2D eigenvalue weighted by molar-refractivity contribution is 9.09. The smallest absolute Gasteiger partial charge is 0.129 e. The van der Waals surface area contributed by atoms with Crippen LogP contribution < -0.4 is 0 Å². The maximum Gasteiger partial charge on any atom is 0.129 e. The fourth-order valence-corrected chi connectivity index (χ4v) is 4.91. The Balaban J connectivity index is 1.86. The summed E-state index contributed by atoms with van der Waals surface area (Å²) < 4.78 is 26.7. The lowest BCUT2D eigenvalue weighted by molar-refractivity contribution is 0.195. The summed E-state index contributed by atoms with van der Waals surface area (Å²) in [7, 11) is 0. The Kier molecular flexibility index (Phi) is 3.21. The van der Waals surface area contributed by atoms with Gasteiger partial charge in [0.05, 0.1) is 0 Å². The second-order valence-electron chi connectivity index (χ2n) is 5.99. The van der Waals surface area contributed by atoms with Crippen molar-refractivity contribution in [2.75, 3.05) is 5.33 Å². The van der Waals surface area contributed by atoms with Crippen LogP contribution >= 0.6 is 15.9 Å². The summed E-state index contributed by atoms with van der Waals surface area (Å²) in [6.45, 7) is 0. The third-order valence-corrected chi connectivity index (χ3v) is 6.04. The van der Waals surface area contributed by atoms with Crippen molar-refractivity contribution in [3.05, 3.63) is 35.4 Å². The van der Waals surface area contributed by atoms with E-state index in [1.165, 1.54) is 31.7 Å². The first kappa shape index (κ1) is 12.6. The Labute approximate surface area is 115 Å². The number of alkyl halides is 1. The molecule has 0 heterocycles. The van der Waals surface area contributed by atoms with Gasteiger partial charge in [-0.3, -0.25) is 0 Å². The zero-order valence-corrected chi connectivity index (χ0v) is 11.8. The molecule has 0 nitrogen and oxygen atoms in total. The van der Waals surface area contributed by atoms with Gasteiger partial charge in [0.2, 0.25) is 0 Å². The molecule has 2 fully saturated rings. The summed E-state index contributed by atoms with van der Waals surface area (Å²) in [6, 6.07) is 3.99. The average Bonchev–Trinajstić information content (AvgIpc) is 2.93. The number of fused-ring (bicyclic) bond motifs is 2. The van der Waals surface area contributed by atoms with Crippen LogP contribution in [0, 0.1) is 28.9 Å². The van der Waals surface area contributed by atoms with E-state index in [-0.39, 0.29) is 5.41 Å². The quantitative estimate of drug-likeness (QED) is 0.709. The SMILES string of the molecule is Fc1ccc(CC2(CBr)CC3CCC2C3)c(F)c1. The lowest BCUT2D eigenvalue weighted by Gasteiger charge is -2.36. The van der Waals surface area contributed by atoms with E-state index in [4.69, 9.17) is 0 Å². The molecule has 0 saturated heterocycles. The Bertz CT molecular complexity index is 460. The molecule has 3 rings (SSSR count). The molecule has 2 bridgehead atoms. The zero-order chi connectivity index (χ0) is 12.8. The number of rotatable bonds is 3. The Morgan fingerprint density at radius 2 is 2.11 bits per heavy atom. The molecule has 0 radical (unpaired) electrons. The van der Waals surface area contributed by atoms with Gasteiger partial charge in [-0.1, -0.05) is 28.4 Å². The van der Waals surface area contributed by atoms with Gasteiger partial charge in [0.25, 0.3) is 0 Å². The fourth-order valence-electron chi connectivity index (χ4n) is 4.03. The molecule has 3 heteroatoms. The van der Waals surface area contributed by atoms with Crippen molar-refractivity contribution in [1.29, 1.82) is 0 Å². The maximum atomic E-state index is 13.8. The molecular weight excluding hydrogens is 298 g/mol. The second-order valence-corrected chi connectivity index (χ2v) is 6.55. The van der Waals surface area contributed by atoms with E-state index in [0.29, 0.717) is 11.5 Å². The number of hydrogen-bond acceptors (Lipinski definition) is 0. The minimum atomic E-state index is -0.489. The normalized spacial score (nSPS) is 34.2. The predicted molar refractivity (Wildman–Crippen MR) is 71.7 cm³/mol. The van der Waals surface area contributed by atoms with Gasteiger partial charge in [0.15, 0.2) is 0 Å². The summed E-state index contributed by atoms with van der Waals surface area (Å²) in [6.07, 6.45) is 5.85. The Morgan fingerprint density at radius 1 is 1.28 bits per heavy atom. The van der Waals surface area contributed by atoms with Gasteiger partial charge < -0.3 is 0 Å². The minimum absolute atomic E-state index is 0.196. The maximum absolute atomic E-state index is 13.8. The van der Waals surface area contributed by atoms with Gasteiger partial charge >= 0.3 is 0 Å². The van der Waals surface area contributed by atoms with E-state index in [0.717, 1.165) is 23.7 Å². The Morgan fingerprint density at radius 3 is 2.67 bits per heavy atom. The predicted octanol–water partition coefficient (Wildman–Crippen LogP) is 4.71. The van der Waals surface area contributed by atoms with E-state index in [1.54, 1.807) is 6.07 Å². The fraction of sp³-hybridized carbons (Fsp3) is 0.600.